The lowest BCUT2D eigenvalue weighted by molar-refractivity contribution is 0.0939. The lowest BCUT2D eigenvalue weighted by Crippen LogP contribution is -2.27. The van der Waals surface area contributed by atoms with E-state index < -0.39 is 0 Å². The molecule has 0 saturated heterocycles. The number of ether oxygens (including phenoxy) is 2. The van der Waals surface area contributed by atoms with Gasteiger partial charge in [0.15, 0.2) is 11.5 Å². The van der Waals surface area contributed by atoms with Crippen LogP contribution >= 0.6 is 0 Å². The molecule has 0 radical (unpaired) electrons. The molecule has 1 N–H and O–H groups in total. The second-order valence-corrected chi connectivity index (χ2v) is 5.12. The maximum atomic E-state index is 12.3. The van der Waals surface area contributed by atoms with Crippen molar-refractivity contribution in [2.24, 2.45) is 0 Å². The third kappa shape index (κ3) is 2.70. The number of aryl methyl sites for hydroxylation is 1. The minimum Gasteiger partial charge on any atom is -0.454 e. The first-order valence-corrected chi connectivity index (χ1v) is 6.91. The highest BCUT2D eigenvalue weighted by Crippen LogP contribution is 2.32. The van der Waals surface area contributed by atoms with Crippen molar-refractivity contribution < 1.29 is 14.3 Å². The molecule has 1 amide bonds. The van der Waals surface area contributed by atoms with E-state index in [4.69, 9.17) is 9.47 Å². The van der Waals surface area contributed by atoms with Gasteiger partial charge in [-0.1, -0.05) is 24.3 Å². The van der Waals surface area contributed by atoms with E-state index in [9.17, 15) is 4.79 Å². The van der Waals surface area contributed by atoms with Gasteiger partial charge in [0, 0.05) is 5.56 Å². The first kappa shape index (κ1) is 13.5. The van der Waals surface area contributed by atoms with Gasteiger partial charge in [-0.15, -0.1) is 0 Å². The zero-order valence-corrected chi connectivity index (χ0v) is 12.1. The van der Waals surface area contributed by atoms with Gasteiger partial charge in [0.2, 0.25) is 6.79 Å². The van der Waals surface area contributed by atoms with Gasteiger partial charge in [0.05, 0.1) is 6.04 Å². The van der Waals surface area contributed by atoms with E-state index in [1.165, 1.54) is 0 Å². The highest BCUT2D eigenvalue weighted by Gasteiger charge is 2.18. The lowest BCUT2D eigenvalue weighted by atomic mass is 10.0. The van der Waals surface area contributed by atoms with Crippen LogP contribution in [0.3, 0.4) is 0 Å². The fourth-order valence-corrected chi connectivity index (χ4v) is 2.47. The second-order valence-electron chi connectivity index (χ2n) is 5.12. The number of rotatable bonds is 3. The minimum atomic E-state index is -0.121. The van der Waals surface area contributed by atoms with E-state index in [2.05, 4.69) is 5.32 Å². The van der Waals surface area contributed by atoms with Gasteiger partial charge < -0.3 is 14.8 Å². The molecule has 108 valence electrons. The van der Waals surface area contributed by atoms with Crippen molar-refractivity contribution in [3.63, 3.8) is 0 Å². The molecule has 1 aliphatic heterocycles. The first-order valence-electron chi connectivity index (χ1n) is 6.91. The molecule has 2 aromatic carbocycles. The summed E-state index contributed by atoms with van der Waals surface area (Å²) in [6.45, 7) is 4.23. The van der Waals surface area contributed by atoms with Crippen LogP contribution in [0.4, 0.5) is 0 Å². The number of amides is 1. The fraction of sp³-hybridized carbons (Fsp3) is 0.235. The van der Waals surface area contributed by atoms with E-state index in [0.29, 0.717) is 17.1 Å². The average Bonchev–Trinajstić information content (AvgIpc) is 2.94. The Balaban J connectivity index is 1.76. The summed E-state index contributed by atoms with van der Waals surface area (Å²) in [7, 11) is 0. The summed E-state index contributed by atoms with van der Waals surface area (Å²) < 4.78 is 10.5. The Hall–Kier alpha value is -2.49. The molecule has 3 rings (SSSR count). The molecule has 0 fully saturated rings. The van der Waals surface area contributed by atoms with Crippen molar-refractivity contribution in [3.05, 3.63) is 59.2 Å². The highest BCUT2D eigenvalue weighted by atomic mass is 16.7. The SMILES string of the molecule is Cc1ccccc1C(C)NC(=O)c1ccc2c(c1)OCO2. The van der Waals surface area contributed by atoms with Gasteiger partial charge >= 0.3 is 0 Å². The van der Waals surface area contributed by atoms with Crippen molar-refractivity contribution in [2.75, 3.05) is 6.79 Å². The molecule has 0 aromatic heterocycles. The molecule has 1 aliphatic rings. The maximum Gasteiger partial charge on any atom is 0.251 e. The van der Waals surface area contributed by atoms with Crippen molar-refractivity contribution in [1.29, 1.82) is 0 Å². The van der Waals surface area contributed by atoms with Gasteiger partial charge in [-0.2, -0.15) is 0 Å². The van der Waals surface area contributed by atoms with Crippen molar-refractivity contribution >= 4 is 5.91 Å². The molecule has 21 heavy (non-hydrogen) atoms. The third-order valence-corrected chi connectivity index (χ3v) is 3.64. The van der Waals surface area contributed by atoms with Crippen LogP contribution in [0.1, 0.15) is 34.5 Å². The molecule has 1 unspecified atom stereocenters. The van der Waals surface area contributed by atoms with E-state index in [0.717, 1.165) is 11.1 Å². The summed E-state index contributed by atoms with van der Waals surface area (Å²) in [5.41, 5.74) is 2.85. The number of hydrogen-bond donors (Lipinski definition) is 1. The van der Waals surface area contributed by atoms with Crippen LogP contribution in [0.15, 0.2) is 42.5 Å². The number of carbonyl (C=O) groups is 1. The topological polar surface area (TPSA) is 47.6 Å². The molecule has 1 atom stereocenters. The summed E-state index contributed by atoms with van der Waals surface area (Å²) >= 11 is 0. The summed E-state index contributed by atoms with van der Waals surface area (Å²) in [6, 6.07) is 13.2. The minimum absolute atomic E-state index is 0.0517. The Morgan fingerprint density at radius 2 is 1.90 bits per heavy atom. The molecule has 0 aliphatic carbocycles. The summed E-state index contributed by atoms with van der Waals surface area (Å²) in [4.78, 5) is 12.3. The Bertz CT molecular complexity index is 681. The molecule has 0 bridgehead atoms. The van der Waals surface area contributed by atoms with Gasteiger partial charge in [-0.25, -0.2) is 0 Å². The quantitative estimate of drug-likeness (QED) is 0.941. The van der Waals surface area contributed by atoms with Crippen LogP contribution < -0.4 is 14.8 Å². The van der Waals surface area contributed by atoms with Crippen LogP contribution in [0.5, 0.6) is 11.5 Å². The number of hydrogen-bond acceptors (Lipinski definition) is 3. The number of benzene rings is 2. The average molecular weight is 283 g/mol. The van der Waals surface area contributed by atoms with Crippen molar-refractivity contribution in [2.45, 2.75) is 19.9 Å². The first-order chi connectivity index (χ1) is 10.1. The van der Waals surface area contributed by atoms with Gasteiger partial charge in [0.25, 0.3) is 5.91 Å². The van der Waals surface area contributed by atoms with Crippen LogP contribution in [0.25, 0.3) is 0 Å². The smallest absolute Gasteiger partial charge is 0.251 e. The summed E-state index contributed by atoms with van der Waals surface area (Å²) in [5, 5.41) is 3.01. The molecule has 2 aromatic rings. The summed E-state index contributed by atoms with van der Waals surface area (Å²) in [5.74, 6) is 1.17. The van der Waals surface area contributed by atoms with Crippen LogP contribution in [0, 0.1) is 6.92 Å². The molecular formula is C17H17NO3. The fourth-order valence-electron chi connectivity index (χ4n) is 2.47. The van der Waals surface area contributed by atoms with Crippen molar-refractivity contribution in [1.82, 2.24) is 5.32 Å². The van der Waals surface area contributed by atoms with Crippen LogP contribution in [0.2, 0.25) is 0 Å². The van der Waals surface area contributed by atoms with E-state index in [-0.39, 0.29) is 18.7 Å². The number of fused-ring (bicyclic) bond motifs is 1. The van der Waals surface area contributed by atoms with Crippen molar-refractivity contribution in [3.8, 4) is 11.5 Å². The van der Waals surface area contributed by atoms with Crippen LogP contribution in [-0.2, 0) is 0 Å². The maximum absolute atomic E-state index is 12.3. The molecule has 0 saturated carbocycles. The molecule has 1 heterocycles. The Morgan fingerprint density at radius 3 is 2.71 bits per heavy atom. The monoisotopic (exact) mass is 283 g/mol. The van der Waals surface area contributed by atoms with Gasteiger partial charge in [-0.05, 0) is 43.2 Å². The van der Waals surface area contributed by atoms with E-state index in [1.54, 1.807) is 18.2 Å². The Labute approximate surface area is 123 Å². The zero-order valence-electron chi connectivity index (χ0n) is 12.1. The summed E-state index contributed by atoms with van der Waals surface area (Å²) in [6.07, 6.45) is 0. The largest absolute Gasteiger partial charge is 0.454 e. The lowest BCUT2D eigenvalue weighted by Gasteiger charge is -2.16. The molecule has 0 spiro atoms. The number of nitrogens with one attached hydrogen (secondary N) is 1. The van der Waals surface area contributed by atoms with Gasteiger partial charge in [-0.3, -0.25) is 4.79 Å². The normalized spacial score (nSPS) is 13.8. The second kappa shape index (κ2) is 5.48. The third-order valence-electron chi connectivity index (χ3n) is 3.64. The molecule has 4 heteroatoms. The Kier molecular flexibility index (Phi) is 3.52. The standard InChI is InChI=1S/C17H17NO3/c1-11-5-3-4-6-14(11)12(2)18-17(19)13-7-8-15-16(9-13)21-10-20-15/h3-9,12H,10H2,1-2H3,(H,18,19). The van der Waals surface area contributed by atoms with Gasteiger partial charge in [0.1, 0.15) is 0 Å². The number of carbonyl (C=O) groups excluding carboxylic acids is 1. The Morgan fingerprint density at radius 1 is 1.14 bits per heavy atom. The molecule has 4 nitrogen and oxygen atoms in total. The zero-order chi connectivity index (χ0) is 14.8. The van der Waals surface area contributed by atoms with E-state index >= 15 is 0 Å². The highest BCUT2D eigenvalue weighted by molar-refractivity contribution is 5.95. The predicted molar refractivity (Wildman–Crippen MR) is 79.6 cm³/mol. The molecular weight excluding hydrogens is 266 g/mol. The van der Waals surface area contributed by atoms with Crippen LogP contribution in [-0.4, -0.2) is 12.7 Å². The predicted octanol–water partition coefficient (Wildman–Crippen LogP) is 3.21. The van der Waals surface area contributed by atoms with E-state index in [1.807, 2.05) is 38.1 Å².